The van der Waals surface area contributed by atoms with Crippen molar-refractivity contribution in [1.29, 1.82) is 0 Å². The van der Waals surface area contributed by atoms with Crippen molar-refractivity contribution in [2.45, 2.75) is 12.6 Å². The SMILES string of the molecule is COC(=O)c1ccc([C@H]2/C(=C(\O)c3ccc(Cl)cc3)C(=O)C(=O)N2Cc2ccco2)cc1. The Morgan fingerprint density at radius 1 is 1.06 bits per heavy atom. The summed E-state index contributed by atoms with van der Waals surface area (Å²) in [5.74, 6) is -1.93. The highest BCUT2D eigenvalue weighted by molar-refractivity contribution is 6.46. The maximum atomic E-state index is 13.0. The van der Waals surface area contributed by atoms with Crippen molar-refractivity contribution in [3.8, 4) is 0 Å². The molecule has 1 amide bonds. The van der Waals surface area contributed by atoms with Gasteiger partial charge in [0.25, 0.3) is 11.7 Å². The van der Waals surface area contributed by atoms with E-state index < -0.39 is 23.7 Å². The number of furan rings is 1. The van der Waals surface area contributed by atoms with Gasteiger partial charge in [0, 0.05) is 10.6 Å². The lowest BCUT2D eigenvalue weighted by Crippen LogP contribution is -2.29. The lowest BCUT2D eigenvalue weighted by molar-refractivity contribution is -0.140. The van der Waals surface area contributed by atoms with Gasteiger partial charge in [0.05, 0.1) is 37.1 Å². The number of amides is 1. The Labute approximate surface area is 188 Å². The summed E-state index contributed by atoms with van der Waals surface area (Å²) in [4.78, 5) is 39.0. The molecule has 1 aromatic heterocycles. The van der Waals surface area contributed by atoms with Crippen LogP contribution in [0.1, 0.15) is 33.3 Å². The Morgan fingerprint density at radius 2 is 1.72 bits per heavy atom. The van der Waals surface area contributed by atoms with Crippen LogP contribution in [0.4, 0.5) is 0 Å². The van der Waals surface area contributed by atoms with Gasteiger partial charge in [0.2, 0.25) is 0 Å². The summed E-state index contributed by atoms with van der Waals surface area (Å²) in [6, 6.07) is 15.1. The molecular weight excluding hydrogens is 434 g/mol. The van der Waals surface area contributed by atoms with Gasteiger partial charge in [-0.25, -0.2) is 4.79 Å². The Morgan fingerprint density at radius 3 is 2.31 bits per heavy atom. The van der Waals surface area contributed by atoms with Crippen molar-refractivity contribution in [3.05, 3.63) is 100.0 Å². The molecule has 2 heterocycles. The van der Waals surface area contributed by atoms with Crippen molar-refractivity contribution in [3.63, 3.8) is 0 Å². The quantitative estimate of drug-likeness (QED) is 0.268. The number of halogens is 1. The van der Waals surface area contributed by atoms with Crippen LogP contribution in [0.2, 0.25) is 5.02 Å². The van der Waals surface area contributed by atoms with Crippen LogP contribution in [0.25, 0.3) is 5.76 Å². The fourth-order valence-corrected chi connectivity index (χ4v) is 3.77. The number of rotatable bonds is 5. The summed E-state index contributed by atoms with van der Waals surface area (Å²) in [7, 11) is 1.28. The highest BCUT2D eigenvalue weighted by Crippen LogP contribution is 2.40. The standard InChI is InChI=1S/C24H18ClNO6/c1-31-24(30)16-6-4-14(5-7-16)20-19(21(27)15-8-10-17(25)11-9-15)22(28)23(29)26(20)13-18-3-2-12-32-18/h2-12,20,27H,13H2,1H3/b21-19+/t20-/m0/s1. The first-order chi connectivity index (χ1) is 15.4. The van der Waals surface area contributed by atoms with Crippen LogP contribution in [0.3, 0.4) is 0 Å². The van der Waals surface area contributed by atoms with Crippen molar-refractivity contribution in [1.82, 2.24) is 4.90 Å². The minimum atomic E-state index is -0.887. The molecule has 1 N–H and O–H groups in total. The number of hydrogen-bond donors (Lipinski definition) is 1. The number of ketones is 1. The second kappa shape index (κ2) is 8.72. The number of carbonyl (C=O) groups is 3. The molecule has 1 atom stereocenters. The third kappa shape index (κ3) is 3.90. The Kier molecular flexibility index (Phi) is 5.83. The van der Waals surface area contributed by atoms with E-state index in [0.717, 1.165) is 0 Å². The monoisotopic (exact) mass is 451 g/mol. The number of benzene rings is 2. The zero-order valence-electron chi connectivity index (χ0n) is 16.9. The smallest absolute Gasteiger partial charge is 0.337 e. The topological polar surface area (TPSA) is 97.0 Å². The summed E-state index contributed by atoms with van der Waals surface area (Å²) < 4.78 is 10.1. The lowest BCUT2D eigenvalue weighted by atomic mass is 9.94. The number of esters is 1. The van der Waals surface area contributed by atoms with E-state index in [2.05, 4.69) is 0 Å². The van der Waals surface area contributed by atoms with Crippen LogP contribution >= 0.6 is 11.6 Å². The Hall–Kier alpha value is -3.84. The van der Waals surface area contributed by atoms with Crippen molar-refractivity contribution in [2.75, 3.05) is 7.11 Å². The average molecular weight is 452 g/mol. The second-order valence-corrected chi connectivity index (χ2v) is 7.56. The second-order valence-electron chi connectivity index (χ2n) is 7.13. The van der Waals surface area contributed by atoms with Crippen molar-refractivity contribution < 1.29 is 28.6 Å². The molecule has 0 saturated carbocycles. The third-order valence-electron chi connectivity index (χ3n) is 5.21. The number of methoxy groups -OCH3 is 1. The fraction of sp³-hybridized carbons (Fsp3) is 0.125. The van der Waals surface area contributed by atoms with E-state index in [-0.39, 0.29) is 17.9 Å². The van der Waals surface area contributed by atoms with E-state index in [0.29, 0.717) is 27.5 Å². The van der Waals surface area contributed by atoms with E-state index in [1.165, 1.54) is 30.4 Å². The molecule has 0 unspecified atom stereocenters. The summed E-state index contributed by atoms with van der Waals surface area (Å²) in [6.07, 6.45) is 1.47. The molecule has 3 aromatic rings. The third-order valence-corrected chi connectivity index (χ3v) is 5.46. The Bertz CT molecular complexity index is 1200. The first-order valence-electron chi connectivity index (χ1n) is 9.65. The molecule has 1 saturated heterocycles. The van der Waals surface area contributed by atoms with Crippen molar-refractivity contribution >= 4 is 35.0 Å². The molecule has 32 heavy (non-hydrogen) atoms. The van der Waals surface area contributed by atoms with Gasteiger partial charge in [-0.15, -0.1) is 0 Å². The minimum absolute atomic E-state index is 0.0262. The number of nitrogens with zero attached hydrogens (tertiary/aromatic N) is 1. The Balaban J connectivity index is 1.84. The summed E-state index contributed by atoms with van der Waals surface area (Å²) in [6.45, 7) is 0.0262. The predicted molar refractivity (Wildman–Crippen MR) is 116 cm³/mol. The van der Waals surface area contributed by atoms with Crippen LogP contribution in [0.15, 0.2) is 76.9 Å². The van der Waals surface area contributed by atoms with E-state index in [1.807, 2.05) is 0 Å². The lowest BCUT2D eigenvalue weighted by Gasteiger charge is -2.24. The number of aliphatic hydroxyl groups excluding tert-OH is 1. The van der Waals surface area contributed by atoms with E-state index in [4.69, 9.17) is 20.8 Å². The van der Waals surface area contributed by atoms with Crippen LogP contribution in [-0.4, -0.2) is 34.8 Å². The molecule has 0 spiro atoms. The number of hydrogen-bond acceptors (Lipinski definition) is 6. The zero-order chi connectivity index (χ0) is 22.8. The van der Waals surface area contributed by atoms with Crippen LogP contribution in [0, 0.1) is 0 Å². The van der Waals surface area contributed by atoms with Crippen LogP contribution in [0.5, 0.6) is 0 Å². The predicted octanol–water partition coefficient (Wildman–Crippen LogP) is 4.34. The molecule has 7 nitrogen and oxygen atoms in total. The number of carbonyl (C=O) groups excluding carboxylic acids is 3. The number of Topliss-reactive ketones (excluding diaryl/α,β-unsaturated/α-hetero) is 1. The van der Waals surface area contributed by atoms with Gasteiger partial charge in [0.1, 0.15) is 11.5 Å². The summed E-state index contributed by atoms with van der Waals surface area (Å²) in [5, 5.41) is 11.5. The normalized spacial score (nSPS) is 17.6. The van der Waals surface area contributed by atoms with Gasteiger partial charge in [0.15, 0.2) is 0 Å². The van der Waals surface area contributed by atoms with Crippen molar-refractivity contribution in [2.24, 2.45) is 0 Å². The molecule has 1 fully saturated rings. The molecular formula is C24H18ClNO6. The van der Waals surface area contributed by atoms with Gasteiger partial charge in [-0.3, -0.25) is 9.59 Å². The largest absolute Gasteiger partial charge is 0.507 e. The highest BCUT2D eigenvalue weighted by Gasteiger charge is 2.46. The van der Waals surface area contributed by atoms with Gasteiger partial charge >= 0.3 is 5.97 Å². The van der Waals surface area contributed by atoms with Gasteiger partial charge < -0.3 is 19.2 Å². The fourth-order valence-electron chi connectivity index (χ4n) is 3.64. The van der Waals surface area contributed by atoms with E-state index in [9.17, 15) is 19.5 Å². The maximum absolute atomic E-state index is 13.0. The first-order valence-corrected chi connectivity index (χ1v) is 10.0. The zero-order valence-corrected chi connectivity index (χ0v) is 17.7. The van der Waals surface area contributed by atoms with Crippen LogP contribution in [-0.2, 0) is 20.9 Å². The van der Waals surface area contributed by atoms with Gasteiger partial charge in [-0.1, -0.05) is 23.7 Å². The average Bonchev–Trinajstić information content (AvgIpc) is 3.41. The molecule has 162 valence electrons. The summed E-state index contributed by atoms with van der Waals surface area (Å²) >= 11 is 5.93. The summed E-state index contributed by atoms with van der Waals surface area (Å²) in [5.41, 5.74) is 1.15. The van der Waals surface area contributed by atoms with Crippen LogP contribution < -0.4 is 0 Å². The van der Waals surface area contributed by atoms with E-state index in [1.54, 1.807) is 48.5 Å². The molecule has 4 rings (SSSR count). The molecule has 1 aliphatic rings. The maximum Gasteiger partial charge on any atom is 0.337 e. The minimum Gasteiger partial charge on any atom is -0.507 e. The number of ether oxygens (including phenoxy) is 1. The molecule has 0 bridgehead atoms. The van der Waals surface area contributed by atoms with Gasteiger partial charge in [-0.2, -0.15) is 0 Å². The first kappa shape index (κ1) is 21.4. The molecule has 0 radical (unpaired) electrons. The number of likely N-dealkylation sites (tertiary alicyclic amines) is 1. The molecule has 2 aromatic carbocycles. The molecule has 0 aliphatic carbocycles. The molecule has 8 heteroatoms. The number of aliphatic hydroxyl groups is 1. The highest BCUT2D eigenvalue weighted by atomic mass is 35.5. The molecule has 1 aliphatic heterocycles. The van der Waals surface area contributed by atoms with Gasteiger partial charge in [-0.05, 0) is 54.1 Å². The van der Waals surface area contributed by atoms with E-state index >= 15 is 0 Å².